The number of fused-ring (bicyclic) bond motifs is 1. The predicted molar refractivity (Wildman–Crippen MR) is 115 cm³/mol. The molecule has 146 valence electrons. The van der Waals surface area contributed by atoms with Gasteiger partial charge in [-0.3, -0.25) is 4.79 Å². The summed E-state index contributed by atoms with van der Waals surface area (Å²) < 4.78 is 11.3. The van der Waals surface area contributed by atoms with Crippen LogP contribution in [0, 0.1) is 0 Å². The Morgan fingerprint density at radius 3 is 2.66 bits per heavy atom. The van der Waals surface area contributed by atoms with Crippen LogP contribution in [0.3, 0.4) is 0 Å². The topological polar surface area (TPSA) is 64.4 Å². The van der Waals surface area contributed by atoms with Crippen molar-refractivity contribution in [2.75, 3.05) is 11.9 Å². The van der Waals surface area contributed by atoms with E-state index in [1.807, 2.05) is 25.1 Å². The monoisotopic (exact) mass is 406 g/mol. The van der Waals surface area contributed by atoms with Gasteiger partial charge in [0.1, 0.15) is 11.3 Å². The van der Waals surface area contributed by atoms with Crippen molar-refractivity contribution in [3.05, 3.63) is 77.3 Å². The molecule has 0 aliphatic heterocycles. The van der Waals surface area contributed by atoms with Gasteiger partial charge in [-0.2, -0.15) is 0 Å². The molecule has 6 heteroatoms. The summed E-state index contributed by atoms with van der Waals surface area (Å²) in [6, 6.07) is 19.8. The van der Waals surface area contributed by atoms with Crippen molar-refractivity contribution in [2.24, 2.45) is 0 Å². The number of hydrogen-bond acceptors (Lipinski definition) is 4. The molecule has 0 fully saturated rings. The van der Waals surface area contributed by atoms with Crippen molar-refractivity contribution in [3.63, 3.8) is 0 Å². The van der Waals surface area contributed by atoms with Gasteiger partial charge in [-0.1, -0.05) is 30.7 Å². The van der Waals surface area contributed by atoms with E-state index < -0.39 is 0 Å². The number of anilines is 1. The number of rotatable bonds is 6. The summed E-state index contributed by atoms with van der Waals surface area (Å²) in [5, 5.41) is 3.45. The number of nitrogens with one attached hydrogen (secondary N) is 1. The maximum absolute atomic E-state index is 12.5. The van der Waals surface area contributed by atoms with Crippen molar-refractivity contribution >= 4 is 34.3 Å². The molecule has 0 aliphatic rings. The number of oxazole rings is 1. The second kappa shape index (κ2) is 8.37. The zero-order valence-corrected chi connectivity index (χ0v) is 16.6. The Kier molecular flexibility index (Phi) is 5.49. The first-order valence-electron chi connectivity index (χ1n) is 9.34. The van der Waals surface area contributed by atoms with E-state index >= 15 is 0 Å². The van der Waals surface area contributed by atoms with Gasteiger partial charge in [0.25, 0.3) is 5.91 Å². The van der Waals surface area contributed by atoms with Gasteiger partial charge in [0.15, 0.2) is 5.58 Å². The lowest BCUT2D eigenvalue weighted by Gasteiger charge is -2.07. The van der Waals surface area contributed by atoms with E-state index in [4.69, 9.17) is 20.8 Å². The van der Waals surface area contributed by atoms with Gasteiger partial charge >= 0.3 is 0 Å². The number of aromatic nitrogens is 1. The zero-order chi connectivity index (χ0) is 20.2. The van der Waals surface area contributed by atoms with E-state index in [0.29, 0.717) is 39.9 Å². The van der Waals surface area contributed by atoms with Crippen molar-refractivity contribution in [1.82, 2.24) is 4.98 Å². The molecule has 4 rings (SSSR count). The number of carbonyl (C=O) groups excluding carboxylic acids is 1. The Balaban J connectivity index is 1.52. The molecule has 0 unspecified atom stereocenters. The van der Waals surface area contributed by atoms with Crippen molar-refractivity contribution in [3.8, 4) is 17.2 Å². The highest BCUT2D eigenvalue weighted by Gasteiger charge is 2.13. The molecule has 0 bridgehead atoms. The summed E-state index contributed by atoms with van der Waals surface area (Å²) in [5.74, 6) is 0.984. The lowest BCUT2D eigenvalue weighted by molar-refractivity contribution is 0.102. The maximum atomic E-state index is 12.5. The highest BCUT2D eigenvalue weighted by molar-refractivity contribution is 6.33. The highest BCUT2D eigenvalue weighted by Crippen LogP contribution is 2.30. The second-order valence-corrected chi connectivity index (χ2v) is 6.92. The predicted octanol–water partition coefficient (Wildman–Crippen LogP) is 6.19. The fourth-order valence-corrected chi connectivity index (χ4v) is 3.10. The molecule has 1 N–H and O–H groups in total. The Morgan fingerprint density at radius 1 is 1.10 bits per heavy atom. The van der Waals surface area contributed by atoms with Crippen molar-refractivity contribution in [2.45, 2.75) is 13.3 Å². The van der Waals surface area contributed by atoms with Crippen LogP contribution < -0.4 is 10.1 Å². The van der Waals surface area contributed by atoms with E-state index in [0.717, 1.165) is 17.7 Å². The molecular formula is C23H19ClN2O3. The van der Waals surface area contributed by atoms with Crippen LogP contribution in [0.25, 0.3) is 22.6 Å². The highest BCUT2D eigenvalue weighted by atomic mass is 35.5. The number of amides is 1. The number of hydrogen-bond donors (Lipinski definition) is 1. The number of nitrogens with zero attached hydrogens (tertiary/aromatic N) is 1. The molecule has 0 saturated heterocycles. The third kappa shape index (κ3) is 4.25. The minimum atomic E-state index is -0.207. The summed E-state index contributed by atoms with van der Waals surface area (Å²) in [4.78, 5) is 17.0. The summed E-state index contributed by atoms with van der Waals surface area (Å²) in [5.41, 5.74) is 3.16. The Bertz CT molecular complexity index is 1150. The first-order chi connectivity index (χ1) is 14.1. The summed E-state index contributed by atoms with van der Waals surface area (Å²) in [7, 11) is 0. The Morgan fingerprint density at radius 2 is 1.90 bits per heavy atom. The van der Waals surface area contributed by atoms with Crippen molar-refractivity contribution < 1.29 is 13.9 Å². The molecule has 1 aromatic heterocycles. The van der Waals surface area contributed by atoms with Gasteiger partial charge in [-0.05, 0) is 61.0 Å². The van der Waals surface area contributed by atoms with Gasteiger partial charge in [0.2, 0.25) is 5.89 Å². The summed E-state index contributed by atoms with van der Waals surface area (Å²) >= 11 is 6.23. The van der Waals surface area contributed by atoms with Gasteiger partial charge in [-0.25, -0.2) is 4.98 Å². The molecule has 1 heterocycles. The van der Waals surface area contributed by atoms with Gasteiger partial charge in [0.05, 0.1) is 17.2 Å². The largest absolute Gasteiger partial charge is 0.494 e. The third-order valence-corrected chi connectivity index (χ3v) is 4.67. The maximum Gasteiger partial charge on any atom is 0.255 e. The molecule has 0 aliphatic carbocycles. The normalized spacial score (nSPS) is 10.8. The molecule has 4 aromatic rings. The van der Waals surface area contributed by atoms with Crippen molar-refractivity contribution in [1.29, 1.82) is 0 Å². The van der Waals surface area contributed by atoms with Gasteiger partial charge in [-0.15, -0.1) is 0 Å². The van der Waals surface area contributed by atoms with Crippen LogP contribution in [0.1, 0.15) is 23.7 Å². The molecule has 5 nitrogen and oxygen atoms in total. The average Bonchev–Trinajstić information content (AvgIpc) is 3.16. The third-order valence-electron chi connectivity index (χ3n) is 4.34. The zero-order valence-electron chi connectivity index (χ0n) is 15.8. The number of benzene rings is 3. The van der Waals surface area contributed by atoms with Crippen LogP contribution in [-0.4, -0.2) is 17.5 Å². The first-order valence-corrected chi connectivity index (χ1v) is 9.71. The molecule has 0 spiro atoms. The van der Waals surface area contributed by atoms with Gasteiger partial charge < -0.3 is 14.5 Å². The standard InChI is InChI=1S/C23H19ClN2O3/c1-2-13-28-17-10-7-15(8-11-17)22(27)25-16-9-12-21-20(14-16)26-23(29-21)18-5-3-4-6-19(18)24/h3-12,14H,2,13H2,1H3,(H,25,27). The molecule has 0 radical (unpaired) electrons. The molecule has 0 atom stereocenters. The van der Waals surface area contributed by atoms with E-state index in [1.54, 1.807) is 48.5 Å². The molecule has 3 aromatic carbocycles. The fraction of sp³-hybridized carbons (Fsp3) is 0.130. The Hall–Kier alpha value is -3.31. The smallest absolute Gasteiger partial charge is 0.255 e. The van der Waals surface area contributed by atoms with Gasteiger partial charge in [0, 0.05) is 11.3 Å². The summed E-state index contributed by atoms with van der Waals surface area (Å²) in [6.45, 7) is 2.70. The molecular weight excluding hydrogens is 388 g/mol. The minimum Gasteiger partial charge on any atom is -0.494 e. The first kappa shape index (κ1) is 19.0. The molecule has 1 amide bonds. The van der Waals surface area contributed by atoms with Crippen LogP contribution in [0.15, 0.2) is 71.1 Å². The van der Waals surface area contributed by atoms with E-state index in [9.17, 15) is 4.79 Å². The van der Waals surface area contributed by atoms with Crippen LogP contribution in [0.5, 0.6) is 5.75 Å². The number of ether oxygens (including phenoxy) is 1. The summed E-state index contributed by atoms with van der Waals surface area (Å²) in [6.07, 6.45) is 0.935. The van der Waals surface area contributed by atoms with E-state index in [2.05, 4.69) is 10.3 Å². The van der Waals surface area contributed by atoms with Crippen LogP contribution in [0.2, 0.25) is 5.02 Å². The fourth-order valence-electron chi connectivity index (χ4n) is 2.88. The quantitative estimate of drug-likeness (QED) is 0.414. The molecule has 0 saturated carbocycles. The molecule has 29 heavy (non-hydrogen) atoms. The van der Waals surface area contributed by atoms with Crippen LogP contribution >= 0.6 is 11.6 Å². The van der Waals surface area contributed by atoms with Crippen LogP contribution in [-0.2, 0) is 0 Å². The average molecular weight is 407 g/mol. The lowest BCUT2D eigenvalue weighted by Crippen LogP contribution is -2.11. The SMILES string of the molecule is CCCOc1ccc(C(=O)Nc2ccc3oc(-c4ccccc4Cl)nc3c2)cc1. The second-order valence-electron chi connectivity index (χ2n) is 6.51. The lowest BCUT2D eigenvalue weighted by atomic mass is 10.2. The minimum absolute atomic E-state index is 0.207. The number of halogens is 1. The van der Waals surface area contributed by atoms with E-state index in [-0.39, 0.29) is 5.91 Å². The number of carbonyl (C=O) groups is 1. The van der Waals surface area contributed by atoms with Crippen LogP contribution in [0.4, 0.5) is 5.69 Å². The van der Waals surface area contributed by atoms with E-state index in [1.165, 1.54) is 0 Å². The Labute approximate surface area is 173 Å².